The van der Waals surface area contributed by atoms with Crippen LogP contribution in [0.4, 0.5) is 0 Å². The molecule has 1 aliphatic heterocycles. The third-order valence-corrected chi connectivity index (χ3v) is 5.82. The third kappa shape index (κ3) is 3.84. The van der Waals surface area contributed by atoms with Crippen molar-refractivity contribution in [1.82, 2.24) is 15.0 Å². The van der Waals surface area contributed by atoms with Gasteiger partial charge in [0.1, 0.15) is 11.5 Å². The number of ether oxygens (including phenoxy) is 1. The van der Waals surface area contributed by atoms with Crippen molar-refractivity contribution in [3.05, 3.63) is 51.5 Å². The Bertz CT molecular complexity index is 1080. The molecule has 1 aliphatic rings. The number of carbonyl (C=O) groups excluding carboxylic acids is 2. The summed E-state index contributed by atoms with van der Waals surface area (Å²) in [6, 6.07) is 6.76. The summed E-state index contributed by atoms with van der Waals surface area (Å²) in [7, 11) is 1.29. The van der Waals surface area contributed by atoms with Gasteiger partial charge in [-0.3, -0.25) is 4.79 Å². The van der Waals surface area contributed by atoms with Crippen molar-refractivity contribution in [2.75, 3.05) is 13.7 Å². The van der Waals surface area contributed by atoms with Crippen LogP contribution >= 0.6 is 23.2 Å². The van der Waals surface area contributed by atoms with Crippen LogP contribution in [-0.4, -0.2) is 46.6 Å². The van der Waals surface area contributed by atoms with Crippen LogP contribution in [0, 0.1) is 0 Å². The second kappa shape index (κ2) is 8.08. The maximum Gasteiger partial charge on any atom is 0.360 e. The second-order valence-electron chi connectivity index (χ2n) is 7.03. The molecule has 1 fully saturated rings. The Labute approximate surface area is 176 Å². The molecule has 2 aromatic heterocycles. The number of piperidine rings is 1. The molecule has 1 saturated heterocycles. The normalized spacial score (nSPS) is 16.9. The zero-order valence-electron chi connectivity index (χ0n) is 15.7. The molecule has 29 heavy (non-hydrogen) atoms. The van der Waals surface area contributed by atoms with E-state index in [2.05, 4.69) is 14.9 Å². The molecule has 0 spiro atoms. The Morgan fingerprint density at radius 1 is 1.31 bits per heavy atom. The number of amides is 1. The number of esters is 1. The van der Waals surface area contributed by atoms with Crippen LogP contribution in [0.2, 0.25) is 10.0 Å². The van der Waals surface area contributed by atoms with Gasteiger partial charge in [-0.2, -0.15) is 0 Å². The summed E-state index contributed by atoms with van der Waals surface area (Å²) < 4.78 is 9.92. The van der Waals surface area contributed by atoms with E-state index in [9.17, 15) is 9.59 Å². The zero-order chi connectivity index (χ0) is 20.5. The Kier molecular flexibility index (Phi) is 5.52. The quantitative estimate of drug-likeness (QED) is 0.609. The molecule has 3 heterocycles. The average molecular weight is 436 g/mol. The van der Waals surface area contributed by atoms with Gasteiger partial charge in [0.05, 0.1) is 12.1 Å². The van der Waals surface area contributed by atoms with Crippen LogP contribution in [0.3, 0.4) is 0 Å². The van der Waals surface area contributed by atoms with Crippen molar-refractivity contribution in [3.63, 3.8) is 0 Å². The molecule has 1 aromatic carbocycles. The Morgan fingerprint density at radius 2 is 2.14 bits per heavy atom. The molecule has 3 aromatic rings. The summed E-state index contributed by atoms with van der Waals surface area (Å²) in [5, 5.41) is 5.38. The highest BCUT2D eigenvalue weighted by Gasteiger charge is 2.31. The zero-order valence-corrected chi connectivity index (χ0v) is 17.2. The first-order valence-corrected chi connectivity index (χ1v) is 10.0. The van der Waals surface area contributed by atoms with Crippen LogP contribution in [0.1, 0.15) is 46.0 Å². The summed E-state index contributed by atoms with van der Waals surface area (Å²) in [5.74, 6) is -0.190. The first kappa shape index (κ1) is 19.8. The molecule has 0 aliphatic carbocycles. The lowest BCUT2D eigenvalue weighted by Gasteiger charge is -2.35. The minimum atomic E-state index is -0.555. The Morgan fingerprint density at radius 3 is 2.93 bits per heavy atom. The molecule has 1 unspecified atom stereocenters. The number of benzene rings is 1. The highest BCUT2D eigenvalue weighted by Crippen LogP contribution is 2.32. The number of carbonyl (C=O) groups is 2. The lowest BCUT2D eigenvalue weighted by Crippen LogP contribution is -2.45. The van der Waals surface area contributed by atoms with Crippen molar-refractivity contribution >= 4 is 46.0 Å². The van der Waals surface area contributed by atoms with Crippen LogP contribution in [0.25, 0.3) is 10.9 Å². The van der Waals surface area contributed by atoms with E-state index >= 15 is 0 Å². The van der Waals surface area contributed by atoms with Gasteiger partial charge < -0.3 is 19.1 Å². The molecule has 7 nitrogen and oxygen atoms in total. The number of hydrogen-bond donors (Lipinski definition) is 1. The molecule has 0 bridgehead atoms. The standard InChI is InChI=1S/C20H19Cl2N3O4/c1-28-20(27)16-10-13(29-24-16)9-12-4-2-3-7-25(12)19(26)18-17(22)14-8-11(21)5-6-15(14)23-18/h5-6,8,10,12,23H,2-4,7,9H2,1H3. The van der Waals surface area contributed by atoms with Crippen molar-refractivity contribution in [2.45, 2.75) is 31.7 Å². The van der Waals surface area contributed by atoms with E-state index in [0.29, 0.717) is 39.9 Å². The molecule has 152 valence electrons. The van der Waals surface area contributed by atoms with Gasteiger partial charge in [0, 0.05) is 41.0 Å². The van der Waals surface area contributed by atoms with E-state index in [0.717, 1.165) is 24.8 Å². The summed E-state index contributed by atoms with van der Waals surface area (Å²) >= 11 is 12.5. The minimum Gasteiger partial charge on any atom is -0.464 e. The molecule has 9 heteroatoms. The second-order valence-corrected chi connectivity index (χ2v) is 7.84. The maximum atomic E-state index is 13.3. The van der Waals surface area contributed by atoms with Crippen LogP contribution < -0.4 is 0 Å². The fourth-order valence-electron chi connectivity index (χ4n) is 3.74. The van der Waals surface area contributed by atoms with Crippen molar-refractivity contribution in [2.24, 2.45) is 0 Å². The molecule has 1 N–H and O–H groups in total. The number of aromatic amines is 1. The number of rotatable bonds is 4. The highest BCUT2D eigenvalue weighted by atomic mass is 35.5. The number of likely N-dealkylation sites (tertiary alicyclic amines) is 1. The SMILES string of the molecule is COC(=O)c1cc(CC2CCCCN2C(=O)c2[nH]c3ccc(Cl)cc3c2Cl)on1. The average Bonchev–Trinajstić information content (AvgIpc) is 3.32. The fourth-order valence-corrected chi connectivity index (χ4v) is 4.20. The molecule has 0 saturated carbocycles. The number of halogens is 2. The highest BCUT2D eigenvalue weighted by molar-refractivity contribution is 6.39. The summed E-state index contributed by atoms with van der Waals surface area (Å²) in [4.78, 5) is 29.8. The Balaban J connectivity index is 1.59. The maximum absolute atomic E-state index is 13.3. The monoisotopic (exact) mass is 435 g/mol. The van der Waals surface area contributed by atoms with Gasteiger partial charge in [-0.15, -0.1) is 0 Å². The molecule has 1 atom stereocenters. The van der Waals surface area contributed by atoms with E-state index in [-0.39, 0.29) is 17.6 Å². The van der Waals surface area contributed by atoms with E-state index in [1.807, 2.05) is 4.90 Å². The Hall–Kier alpha value is -2.51. The number of hydrogen-bond acceptors (Lipinski definition) is 5. The molecule has 4 rings (SSSR count). The van der Waals surface area contributed by atoms with E-state index in [1.165, 1.54) is 7.11 Å². The van der Waals surface area contributed by atoms with Crippen molar-refractivity contribution in [3.8, 4) is 0 Å². The third-order valence-electron chi connectivity index (χ3n) is 5.19. The molecule has 0 radical (unpaired) electrons. The van der Waals surface area contributed by atoms with Gasteiger partial charge >= 0.3 is 5.97 Å². The summed E-state index contributed by atoms with van der Waals surface area (Å²) in [6.07, 6.45) is 3.20. The minimum absolute atomic E-state index is 0.0826. The number of H-pyrrole nitrogens is 1. The lowest BCUT2D eigenvalue weighted by atomic mass is 9.97. The molecule has 1 amide bonds. The van der Waals surface area contributed by atoms with Gasteiger partial charge in [0.15, 0.2) is 5.69 Å². The van der Waals surface area contributed by atoms with Crippen molar-refractivity contribution in [1.29, 1.82) is 0 Å². The first-order valence-electron chi connectivity index (χ1n) is 9.29. The van der Waals surface area contributed by atoms with Gasteiger partial charge in [0.2, 0.25) is 0 Å². The van der Waals surface area contributed by atoms with E-state index < -0.39 is 5.97 Å². The molecular formula is C20H19Cl2N3O4. The van der Waals surface area contributed by atoms with Gasteiger partial charge in [-0.25, -0.2) is 4.79 Å². The molecular weight excluding hydrogens is 417 g/mol. The van der Waals surface area contributed by atoms with Gasteiger partial charge in [0.25, 0.3) is 5.91 Å². The predicted octanol–water partition coefficient (Wildman–Crippen LogP) is 4.49. The van der Waals surface area contributed by atoms with Crippen LogP contribution in [0.5, 0.6) is 0 Å². The largest absolute Gasteiger partial charge is 0.464 e. The first-order chi connectivity index (χ1) is 14.0. The number of aromatic nitrogens is 2. The van der Waals surface area contributed by atoms with Crippen molar-refractivity contribution < 1.29 is 18.8 Å². The van der Waals surface area contributed by atoms with Crippen LogP contribution in [0.15, 0.2) is 28.8 Å². The van der Waals surface area contributed by atoms with Crippen LogP contribution in [-0.2, 0) is 11.2 Å². The lowest BCUT2D eigenvalue weighted by molar-refractivity contribution is 0.0588. The van der Waals surface area contributed by atoms with Gasteiger partial charge in [-0.1, -0.05) is 28.4 Å². The van der Waals surface area contributed by atoms with E-state index in [4.69, 9.17) is 27.7 Å². The number of methoxy groups -OCH3 is 1. The number of nitrogens with zero attached hydrogens (tertiary/aromatic N) is 2. The number of nitrogens with one attached hydrogen (secondary N) is 1. The van der Waals surface area contributed by atoms with E-state index in [1.54, 1.807) is 24.3 Å². The number of fused-ring (bicyclic) bond motifs is 1. The smallest absolute Gasteiger partial charge is 0.360 e. The van der Waals surface area contributed by atoms with Gasteiger partial charge in [-0.05, 0) is 37.5 Å². The fraction of sp³-hybridized carbons (Fsp3) is 0.350. The topological polar surface area (TPSA) is 88.4 Å². The summed E-state index contributed by atoms with van der Waals surface area (Å²) in [5.41, 5.74) is 1.23. The predicted molar refractivity (Wildman–Crippen MR) is 109 cm³/mol. The summed E-state index contributed by atoms with van der Waals surface area (Å²) in [6.45, 7) is 0.619.